The first-order valence-corrected chi connectivity index (χ1v) is 9.28. The number of methoxy groups -OCH3 is 1. The number of anilines is 2. The van der Waals surface area contributed by atoms with E-state index in [-0.39, 0.29) is 18.2 Å². The summed E-state index contributed by atoms with van der Waals surface area (Å²) in [5, 5.41) is 13.4. The smallest absolute Gasteiger partial charge is 0.316 e. The van der Waals surface area contributed by atoms with E-state index in [1.165, 1.54) is 19.4 Å². The summed E-state index contributed by atoms with van der Waals surface area (Å²) in [6.45, 7) is 5.34. The SMILES string of the molecule is COc1cn(Cc2ccc(F)c(F)c2)c(Nc2cc(C(C)(C)O)ccc2C)nc1=O. The number of halogens is 2. The maximum absolute atomic E-state index is 13.6. The molecule has 0 amide bonds. The van der Waals surface area contributed by atoms with Crippen molar-refractivity contribution in [3.05, 3.63) is 81.3 Å². The predicted octanol–water partition coefficient (Wildman–Crippen LogP) is 3.86. The number of hydrogen-bond donors (Lipinski definition) is 2. The van der Waals surface area contributed by atoms with Gasteiger partial charge in [0.1, 0.15) is 0 Å². The van der Waals surface area contributed by atoms with Gasteiger partial charge in [-0.1, -0.05) is 18.2 Å². The fraction of sp³-hybridized carbons (Fsp3) is 0.273. The van der Waals surface area contributed by atoms with Gasteiger partial charge in [-0.2, -0.15) is 4.98 Å². The van der Waals surface area contributed by atoms with Crippen LogP contribution in [-0.2, 0) is 12.1 Å². The molecule has 0 radical (unpaired) electrons. The van der Waals surface area contributed by atoms with Gasteiger partial charge < -0.3 is 19.7 Å². The molecule has 3 rings (SSSR count). The molecule has 30 heavy (non-hydrogen) atoms. The number of aliphatic hydroxyl groups is 1. The van der Waals surface area contributed by atoms with E-state index in [1.54, 1.807) is 24.5 Å². The molecule has 1 aromatic heterocycles. The molecule has 0 spiro atoms. The largest absolute Gasteiger partial charge is 0.490 e. The van der Waals surface area contributed by atoms with Gasteiger partial charge in [0, 0.05) is 5.69 Å². The molecular formula is C22H23F2N3O3. The Balaban J connectivity index is 2.05. The van der Waals surface area contributed by atoms with Gasteiger partial charge in [0.15, 0.2) is 11.6 Å². The molecule has 0 saturated carbocycles. The Morgan fingerprint density at radius 3 is 2.53 bits per heavy atom. The third-order valence-corrected chi connectivity index (χ3v) is 4.71. The molecular weight excluding hydrogens is 392 g/mol. The third-order valence-electron chi connectivity index (χ3n) is 4.71. The van der Waals surface area contributed by atoms with Crippen LogP contribution in [0.5, 0.6) is 5.75 Å². The quantitative estimate of drug-likeness (QED) is 0.640. The Hall–Kier alpha value is -3.26. The molecule has 8 heteroatoms. The van der Waals surface area contributed by atoms with Gasteiger partial charge in [0.05, 0.1) is 25.5 Å². The zero-order valence-corrected chi connectivity index (χ0v) is 17.2. The van der Waals surface area contributed by atoms with E-state index in [0.29, 0.717) is 16.8 Å². The minimum Gasteiger partial charge on any atom is -0.490 e. The van der Waals surface area contributed by atoms with Crippen molar-refractivity contribution in [1.29, 1.82) is 0 Å². The molecule has 0 atom stereocenters. The van der Waals surface area contributed by atoms with Gasteiger partial charge in [-0.05, 0) is 55.7 Å². The molecule has 0 saturated heterocycles. The summed E-state index contributed by atoms with van der Waals surface area (Å²) >= 11 is 0. The molecule has 3 aromatic rings. The van der Waals surface area contributed by atoms with E-state index in [1.807, 2.05) is 19.1 Å². The van der Waals surface area contributed by atoms with Crippen LogP contribution in [0.3, 0.4) is 0 Å². The first-order valence-electron chi connectivity index (χ1n) is 9.28. The number of nitrogens with one attached hydrogen (secondary N) is 1. The molecule has 0 bridgehead atoms. The van der Waals surface area contributed by atoms with E-state index < -0.39 is 22.8 Å². The van der Waals surface area contributed by atoms with Crippen LogP contribution in [0.4, 0.5) is 20.4 Å². The first kappa shape index (κ1) is 21.4. The third kappa shape index (κ3) is 4.65. The van der Waals surface area contributed by atoms with Gasteiger partial charge in [-0.25, -0.2) is 8.78 Å². The second-order valence-corrected chi connectivity index (χ2v) is 7.53. The lowest BCUT2D eigenvalue weighted by Gasteiger charge is -2.21. The van der Waals surface area contributed by atoms with Crippen molar-refractivity contribution in [2.45, 2.75) is 32.9 Å². The molecule has 6 nitrogen and oxygen atoms in total. The Morgan fingerprint density at radius 2 is 1.90 bits per heavy atom. The number of nitrogens with zero attached hydrogens (tertiary/aromatic N) is 2. The highest BCUT2D eigenvalue weighted by Crippen LogP contribution is 2.27. The summed E-state index contributed by atoms with van der Waals surface area (Å²) < 4.78 is 33.5. The monoisotopic (exact) mass is 415 g/mol. The molecule has 2 N–H and O–H groups in total. The summed E-state index contributed by atoms with van der Waals surface area (Å²) in [4.78, 5) is 16.3. The lowest BCUT2D eigenvalue weighted by Crippen LogP contribution is -2.19. The van der Waals surface area contributed by atoms with Crippen molar-refractivity contribution >= 4 is 11.6 Å². The van der Waals surface area contributed by atoms with E-state index >= 15 is 0 Å². The average Bonchev–Trinajstić information content (AvgIpc) is 2.67. The van der Waals surface area contributed by atoms with Crippen LogP contribution in [0.15, 0.2) is 47.4 Å². The number of benzene rings is 2. The van der Waals surface area contributed by atoms with Crippen LogP contribution in [0, 0.1) is 18.6 Å². The molecule has 2 aromatic carbocycles. The lowest BCUT2D eigenvalue weighted by molar-refractivity contribution is 0.0786. The fourth-order valence-corrected chi connectivity index (χ4v) is 2.93. The zero-order valence-electron chi connectivity index (χ0n) is 17.2. The predicted molar refractivity (Wildman–Crippen MR) is 110 cm³/mol. The number of aromatic nitrogens is 2. The lowest BCUT2D eigenvalue weighted by atomic mass is 9.96. The van der Waals surface area contributed by atoms with Crippen LogP contribution in [0.1, 0.15) is 30.5 Å². The van der Waals surface area contributed by atoms with Gasteiger partial charge in [-0.15, -0.1) is 0 Å². The summed E-state index contributed by atoms with van der Waals surface area (Å²) in [6, 6.07) is 9.01. The van der Waals surface area contributed by atoms with Gasteiger partial charge in [0.2, 0.25) is 11.7 Å². The number of ether oxygens (including phenoxy) is 1. The van der Waals surface area contributed by atoms with Gasteiger partial charge >= 0.3 is 5.56 Å². The van der Waals surface area contributed by atoms with E-state index in [9.17, 15) is 18.7 Å². The Morgan fingerprint density at radius 1 is 1.17 bits per heavy atom. The molecule has 0 unspecified atom stereocenters. The Kier molecular flexibility index (Phi) is 5.89. The van der Waals surface area contributed by atoms with Crippen LogP contribution in [0.25, 0.3) is 0 Å². The van der Waals surface area contributed by atoms with Crippen LogP contribution < -0.4 is 15.6 Å². The van der Waals surface area contributed by atoms with E-state index in [4.69, 9.17) is 4.74 Å². The van der Waals surface area contributed by atoms with Crippen LogP contribution in [-0.4, -0.2) is 21.8 Å². The van der Waals surface area contributed by atoms with E-state index in [2.05, 4.69) is 10.3 Å². The van der Waals surface area contributed by atoms with Gasteiger partial charge in [0.25, 0.3) is 0 Å². The highest BCUT2D eigenvalue weighted by atomic mass is 19.2. The number of rotatable bonds is 6. The maximum Gasteiger partial charge on any atom is 0.316 e. The molecule has 158 valence electrons. The van der Waals surface area contributed by atoms with Crippen molar-refractivity contribution in [2.24, 2.45) is 0 Å². The van der Waals surface area contributed by atoms with Gasteiger partial charge in [-0.3, -0.25) is 4.79 Å². The topological polar surface area (TPSA) is 76.4 Å². The fourth-order valence-electron chi connectivity index (χ4n) is 2.93. The molecule has 0 aliphatic rings. The minimum atomic E-state index is -1.05. The van der Waals surface area contributed by atoms with Crippen molar-refractivity contribution in [3.63, 3.8) is 0 Å². The van der Waals surface area contributed by atoms with Crippen LogP contribution in [0.2, 0.25) is 0 Å². The van der Waals surface area contributed by atoms with Crippen LogP contribution >= 0.6 is 0 Å². The number of hydrogen-bond acceptors (Lipinski definition) is 5. The maximum atomic E-state index is 13.6. The molecule has 0 fully saturated rings. The molecule has 0 aliphatic carbocycles. The number of aryl methyl sites for hydroxylation is 1. The molecule has 1 heterocycles. The summed E-state index contributed by atoms with van der Waals surface area (Å²) in [5.74, 6) is -1.69. The Bertz CT molecular complexity index is 1140. The summed E-state index contributed by atoms with van der Waals surface area (Å²) in [7, 11) is 1.35. The highest BCUT2D eigenvalue weighted by molar-refractivity contribution is 5.60. The second kappa shape index (κ2) is 8.23. The normalized spacial score (nSPS) is 11.4. The summed E-state index contributed by atoms with van der Waals surface area (Å²) in [5.41, 5.74) is 1.05. The van der Waals surface area contributed by atoms with Crippen molar-refractivity contribution in [3.8, 4) is 5.75 Å². The van der Waals surface area contributed by atoms with Crippen molar-refractivity contribution in [2.75, 3.05) is 12.4 Å². The van der Waals surface area contributed by atoms with E-state index in [0.717, 1.165) is 17.7 Å². The second-order valence-electron chi connectivity index (χ2n) is 7.53. The minimum absolute atomic E-state index is 0.0186. The Labute approximate surface area is 172 Å². The summed E-state index contributed by atoms with van der Waals surface area (Å²) in [6.07, 6.45) is 1.45. The average molecular weight is 415 g/mol. The van der Waals surface area contributed by atoms with Crippen molar-refractivity contribution in [1.82, 2.24) is 9.55 Å². The standard InChI is InChI=1S/C22H23F2N3O3/c1-13-5-7-15(22(2,3)29)10-18(13)25-21-26-20(28)19(30-4)12-27(21)11-14-6-8-16(23)17(24)9-14/h5-10,12,29H,11H2,1-4H3,(H,25,26,28). The zero-order chi connectivity index (χ0) is 22.1. The van der Waals surface area contributed by atoms with Crippen molar-refractivity contribution < 1.29 is 18.6 Å². The first-order chi connectivity index (χ1) is 14.1. The highest BCUT2D eigenvalue weighted by Gasteiger charge is 2.18. The molecule has 0 aliphatic heterocycles.